The van der Waals surface area contributed by atoms with Crippen LogP contribution in [0.5, 0.6) is 5.75 Å². The fourth-order valence-corrected chi connectivity index (χ4v) is 2.60. The van der Waals surface area contributed by atoms with E-state index >= 15 is 0 Å². The van der Waals surface area contributed by atoms with E-state index in [4.69, 9.17) is 5.73 Å². The van der Waals surface area contributed by atoms with Crippen LogP contribution in [0.3, 0.4) is 0 Å². The van der Waals surface area contributed by atoms with Crippen LogP contribution in [-0.4, -0.2) is 28.6 Å². The van der Waals surface area contributed by atoms with Crippen molar-refractivity contribution in [3.05, 3.63) is 41.2 Å². The minimum Gasteiger partial charge on any atom is -0.404 e. The Morgan fingerprint density at radius 3 is 2.62 bits per heavy atom. The molecular weight excluding hydrogens is 347 g/mol. The molecule has 9 heteroatoms. The third-order valence-corrected chi connectivity index (χ3v) is 3.90. The van der Waals surface area contributed by atoms with Gasteiger partial charge in [-0.25, -0.2) is 0 Å². The summed E-state index contributed by atoms with van der Waals surface area (Å²) in [5.41, 5.74) is 9.14. The summed E-state index contributed by atoms with van der Waals surface area (Å²) in [5.74, 6) is -0.331. The maximum absolute atomic E-state index is 12.4. The van der Waals surface area contributed by atoms with Gasteiger partial charge in [0.2, 0.25) is 0 Å². The molecule has 0 saturated carbocycles. The van der Waals surface area contributed by atoms with Crippen LogP contribution < -0.4 is 15.8 Å². The molecule has 0 bridgehead atoms. The molecule has 0 aliphatic heterocycles. The molecule has 26 heavy (non-hydrogen) atoms. The van der Waals surface area contributed by atoms with Crippen molar-refractivity contribution < 1.29 is 17.9 Å². The Hall–Kier alpha value is -2.71. The average molecular weight is 369 g/mol. The fraction of sp³-hybridized carbons (Fsp3) is 0.412. The second-order valence-corrected chi connectivity index (χ2v) is 5.81. The Morgan fingerprint density at radius 1 is 1.31 bits per heavy atom. The molecule has 2 rings (SSSR count). The van der Waals surface area contributed by atoms with E-state index in [0.717, 1.165) is 24.2 Å². The van der Waals surface area contributed by atoms with Crippen LogP contribution in [0.4, 0.5) is 18.9 Å². The molecule has 0 spiro atoms. The summed E-state index contributed by atoms with van der Waals surface area (Å²) in [6.07, 6.45) is -3.23. The number of aromatic nitrogens is 2. The van der Waals surface area contributed by atoms with E-state index in [1.165, 1.54) is 23.8 Å². The second-order valence-electron chi connectivity index (χ2n) is 5.81. The summed E-state index contributed by atoms with van der Waals surface area (Å²) in [5, 5.41) is 7.00. The molecule has 0 aliphatic rings. The summed E-state index contributed by atoms with van der Waals surface area (Å²) < 4.78 is 43.0. The lowest BCUT2D eigenvalue weighted by atomic mass is 10.1. The number of para-hydroxylation sites is 2. The fourth-order valence-electron chi connectivity index (χ4n) is 2.60. The number of aliphatic imine (C=N–C) groups is 1. The second kappa shape index (κ2) is 8.11. The van der Waals surface area contributed by atoms with Gasteiger partial charge in [0, 0.05) is 19.3 Å². The number of halogens is 3. The molecule has 0 amide bonds. The Bertz CT molecular complexity index is 783. The summed E-state index contributed by atoms with van der Waals surface area (Å²) in [6.45, 7) is 4.40. The monoisotopic (exact) mass is 369 g/mol. The maximum Gasteiger partial charge on any atom is 0.573 e. The first kappa shape index (κ1) is 19.6. The van der Waals surface area contributed by atoms with Crippen molar-refractivity contribution in [2.75, 3.05) is 11.9 Å². The number of guanidine groups is 1. The number of aryl methyl sites for hydroxylation is 2. The van der Waals surface area contributed by atoms with Crippen LogP contribution in [0.1, 0.15) is 23.4 Å². The quantitative estimate of drug-likeness (QED) is 0.465. The van der Waals surface area contributed by atoms with Crippen LogP contribution >= 0.6 is 0 Å². The van der Waals surface area contributed by atoms with E-state index in [1.54, 1.807) is 6.07 Å². The summed E-state index contributed by atoms with van der Waals surface area (Å²) in [6, 6.07) is 5.66. The standard InChI is InChI=1S/C17H22F3N5O/c1-11-13(12(2)25(3)24-11)7-6-10-22-16(21)23-14-8-4-5-9-15(14)26-17(18,19)20/h4-5,8-9H,6-7,10H2,1-3H3,(H3,21,22,23). The van der Waals surface area contributed by atoms with Crippen LogP contribution in [0, 0.1) is 13.8 Å². The van der Waals surface area contributed by atoms with Gasteiger partial charge in [-0.3, -0.25) is 9.67 Å². The zero-order chi connectivity index (χ0) is 19.3. The van der Waals surface area contributed by atoms with E-state index in [9.17, 15) is 13.2 Å². The van der Waals surface area contributed by atoms with E-state index in [1.807, 2.05) is 25.6 Å². The van der Waals surface area contributed by atoms with E-state index in [0.29, 0.717) is 6.54 Å². The number of hydrogen-bond donors (Lipinski definition) is 2. The average Bonchev–Trinajstić information content (AvgIpc) is 2.78. The van der Waals surface area contributed by atoms with Crippen molar-refractivity contribution >= 4 is 11.6 Å². The third-order valence-electron chi connectivity index (χ3n) is 3.90. The maximum atomic E-state index is 12.4. The SMILES string of the molecule is Cc1nn(C)c(C)c1CCCN=C(N)Nc1ccccc1OC(F)(F)F. The first-order valence-electron chi connectivity index (χ1n) is 8.08. The molecule has 0 fully saturated rings. The van der Waals surface area contributed by atoms with Crippen molar-refractivity contribution in [1.29, 1.82) is 0 Å². The number of anilines is 1. The highest BCUT2D eigenvalue weighted by molar-refractivity contribution is 5.93. The highest BCUT2D eigenvalue weighted by atomic mass is 19.4. The van der Waals surface area contributed by atoms with Crippen molar-refractivity contribution in [3.8, 4) is 5.75 Å². The Balaban J connectivity index is 1.93. The number of rotatable bonds is 6. The predicted molar refractivity (Wildman–Crippen MR) is 94.2 cm³/mol. The molecule has 6 nitrogen and oxygen atoms in total. The van der Waals surface area contributed by atoms with Gasteiger partial charge in [-0.05, 0) is 44.4 Å². The van der Waals surface area contributed by atoms with E-state index < -0.39 is 6.36 Å². The molecule has 0 unspecified atom stereocenters. The molecule has 1 aromatic carbocycles. The smallest absolute Gasteiger partial charge is 0.404 e. The molecule has 142 valence electrons. The van der Waals surface area contributed by atoms with Crippen LogP contribution in [0.2, 0.25) is 0 Å². The first-order chi connectivity index (χ1) is 12.2. The van der Waals surface area contributed by atoms with Gasteiger partial charge < -0.3 is 15.8 Å². The van der Waals surface area contributed by atoms with Crippen LogP contribution in [-0.2, 0) is 13.5 Å². The number of nitrogens with zero attached hydrogens (tertiary/aromatic N) is 3. The van der Waals surface area contributed by atoms with Crippen molar-refractivity contribution in [3.63, 3.8) is 0 Å². The zero-order valence-electron chi connectivity index (χ0n) is 14.9. The van der Waals surface area contributed by atoms with Gasteiger partial charge in [0.05, 0.1) is 11.4 Å². The molecular formula is C17H22F3N5O. The lowest BCUT2D eigenvalue weighted by Crippen LogP contribution is -2.24. The van der Waals surface area contributed by atoms with Gasteiger partial charge in [0.1, 0.15) is 0 Å². The van der Waals surface area contributed by atoms with Crippen LogP contribution in [0.25, 0.3) is 0 Å². The zero-order valence-corrected chi connectivity index (χ0v) is 14.9. The molecule has 0 aliphatic carbocycles. The molecule has 2 aromatic rings. The molecule has 1 heterocycles. The lowest BCUT2D eigenvalue weighted by molar-refractivity contribution is -0.274. The highest BCUT2D eigenvalue weighted by Crippen LogP contribution is 2.29. The van der Waals surface area contributed by atoms with Gasteiger partial charge in [0.25, 0.3) is 0 Å². The van der Waals surface area contributed by atoms with Crippen LogP contribution in [0.15, 0.2) is 29.3 Å². The normalized spacial score (nSPS) is 12.3. The van der Waals surface area contributed by atoms with Gasteiger partial charge >= 0.3 is 6.36 Å². The number of benzene rings is 1. The number of hydrogen-bond acceptors (Lipinski definition) is 3. The Morgan fingerprint density at radius 2 is 2.00 bits per heavy atom. The summed E-state index contributed by atoms with van der Waals surface area (Å²) in [4.78, 5) is 4.16. The van der Waals surface area contributed by atoms with Crippen molar-refractivity contribution in [1.82, 2.24) is 9.78 Å². The minimum atomic E-state index is -4.77. The van der Waals surface area contributed by atoms with Gasteiger partial charge in [-0.2, -0.15) is 5.10 Å². The summed E-state index contributed by atoms with van der Waals surface area (Å²) in [7, 11) is 1.90. The number of nitrogens with one attached hydrogen (secondary N) is 1. The van der Waals surface area contributed by atoms with Crippen molar-refractivity contribution in [2.45, 2.75) is 33.1 Å². The van der Waals surface area contributed by atoms with E-state index in [2.05, 4.69) is 20.1 Å². The minimum absolute atomic E-state index is 0.0304. The number of alkyl halides is 3. The Labute approximate surface area is 149 Å². The van der Waals surface area contributed by atoms with E-state index in [-0.39, 0.29) is 17.4 Å². The highest BCUT2D eigenvalue weighted by Gasteiger charge is 2.32. The first-order valence-corrected chi connectivity index (χ1v) is 8.08. The largest absolute Gasteiger partial charge is 0.573 e. The Kier molecular flexibility index (Phi) is 6.12. The molecule has 0 atom stereocenters. The molecule has 0 saturated heterocycles. The van der Waals surface area contributed by atoms with Gasteiger partial charge in [-0.15, -0.1) is 13.2 Å². The lowest BCUT2D eigenvalue weighted by Gasteiger charge is -2.14. The molecule has 1 aromatic heterocycles. The number of nitrogens with two attached hydrogens (primary N) is 1. The topological polar surface area (TPSA) is 77.5 Å². The number of ether oxygens (including phenoxy) is 1. The van der Waals surface area contributed by atoms with Crippen molar-refractivity contribution in [2.24, 2.45) is 17.8 Å². The molecule has 0 radical (unpaired) electrons. The predicted octanol–water partition coefficient (Wildman–Crippen LogP) is 3.29. The van der Waals surface area contributed by atoms with Gasteiger partial charge in [0.15, 0.2) is 11.7 Å². The van der Waals surface area contributed by atoms with Gasteiger partial charge in [-0.1, -0.05) is 12.1 Å². The molecule has 3 N–H and O–H groups in total. The third kappa shape index (κ3) is 5.40. The summed E-state index contributed by atoms with van der Waals surface area (Å²) >= 11 is 0.